The molecule has 0 saturated heterocycles. The van der Waals surface area contributed by atoms with Crippen LogP contribution in [0.2, 0.25) is 0 Å². The van der Waals surface area contributed by atoms with Crippen molar-refractivity contribution in [2.24, 2.45) is 7.05 Å². The molecule has 100 valence electrons. The number of carbonyl (C=O) groups is 1. The van der Waals surface area contributed by atoms with Crippen LogP contribution in [0.1, 0.15) is 35.9 Å². The summed E-state index contributed by atoms with van der Waals surface area (Å²) in [5, 5.41) is 3.29. The molecule has 0 aliphatic rings. The Kier molecular flexibility index (Phi) is 4.34. The normalized spacial score (nSPS) is 10.4. The van der Waals surface area contributed by atoms with Crippen LogP contribution in [-0.2, 0) is 13.6 Å². The number of benzene rings is 1. The molecule has 0 aliphatic carbocycles. The van der Waals surface area contributed by atoms with E-state index < -0.39 is 0 Å². The monoisotopic (exact) mass is 257 g/mol. The minimum Gasteiger partial charge on any atom is -0.378 e. The highest BCUT2D eigenvalue weighted by Gasteiger charge is 2.04. The van der Waals surface area contributed by atoms with Crippen molar-refractivity contribution in [3.8, 4) is 0 Å². The second kappa shape index (κ2) is 6.18. The standard InChI is InChI=1S/C15H19N3O/c1-3-4-14(19)12-5-7-13(8-6-12)17-11-15-16-9-10-18(15)2/h5-10,17H,3-4,11H2,1-2H3. The summed E-state index contributed by atoms with van der Waals surface area (Å²) in [5.74, 6) is 1.18. The third kappa shape index (κ3) is 3.44. The number of anilines is 1. The van der Waals surface area contributed by atoms with Crippen molar-refractivity contribution in [1.82, 2.24) is 9.55 Å². The fraction of sp³-hybridized carbons (Fsp3) is 0.333. The van der Waals surface area contributed by atoms with Gasteiger partial charge in [0, 0.05) is 37.1 Å². The third-order valence-corrected chi connectivity index (χ3v) is 3.06. The van der Waals surface area contributed by atoms with Gasteiger partial charge >= 0.3 is 0 Å². The molecule has 0 fully saturated rings. The maximum Gasteiger partial charge on any atom is 0.162 e. The second-order valence-corrected chi connectivity index (χ2v) is 4.56. The summed E-state index contributed by atoms with van der Waals surface area (Å²) < 4.78 is 1.98. The highest BCUT2D eigenvalue weighted by Crippen LogP contribution is 2.12. The molecule has 0 atom stereocenters. The zero-order valence-electron chi connectivity index (χ0n) is 11.4. The van der Waals surface area contributed by atoms with Crippen molar-refractivity contribution in [1.29, 1.82) is 0 Å². The lowest BCUT2D eigenvalue weighted by Crippen LogP contribution is -2.06. The van der Waals surface area contributed by atoms with Gasteiger partial charge in [-0.05, 0) is 30.7 Å². The quantitative estimate of drug-likeness (QED) is 0.809. The minimum atomic E-state index is 0.207. The molecule has 0 unspecified atom stereocenters. The Morgan fingerprint density at radius 1 is 1.32 bits per heavy atom. The lowest BCUT2D eigenvalue weighted by atomic mass is 10.1. The summed E-state index contributed by atoms with van der Waals surface area (Å²) in [4.78, 5) is 16.0. The van der Waals surface area contributed by atoms with Crippen molar-refractivity contribution in [3.63, 3.8) is 0 Å². The third-order valence-electron chi connectivity index (χ3n) is 3.06. The van der Waals surface area contributed by atoms with Crippen LogP contribution < -0.4 is 5.32 Å². The predicted molar refractivity (Wildman–Crippen MR) is 76.2 cm³/mol. The van der Waals surface area contributed by atoms with E-state index in [2.05, 4.69) is 10.3 Å². The molecule has 0 spiro atoms. The zero-order valence-corrected chi connectivity index (χ0v) is 11.4. The molecule has 4 nitrogen and oxygen atoms in total. The van der Waals surface area contributed by atoms with Crippen LogP contribution in [0.3, 0.4) is 0 Å². The van der Waals surface area contributed by atoms with E-state index in [1.54, 1.807) is 6.20 Å². The fourth-order valence-electron chi connectivity index (χ4n) is 1.89. The average Bonchev–Trinajstić information content (AvgIpc) is 2.83. The van der Waals surface area contributed by atoms with Gasteiger partial charge in [0.05, 0.1) is 6.54 Å². The average molecular weight is 257 g/mol. The number of aryl methyl sites for hydroxylation is 1. The minimum absolute atomic E-state index is 0.207. The van der Waals surface area contributed by atoms with Gasteiger partial charge in [-0.15, -0.1) is 0 Å². The Bertz CT molecular complexity index is 543. The van der Waals surface area contributed by atoms with Gasteiger partial charge in [-0.25, -0.2) is 4.98 Å². The van der Waals surface area contributed by atoms with Crippen molar-refractivity contribution in [2.45, 2.75) is 26.3 Å². The molecule has 0 amide bonds. The number of Topliss-reactive ketones (excluding diaryl/α,β-unsaturated/α-hetero) is 1. The van der Waals surface area contributed by atoms with E-state index in [1.807, 2.05) is 49.0 Å². The first-order chi connectivity index (χ1) is 9.20. The molecule has 19 heavy (non-hydrogen) atoms. The molecular weight excluding hydrogens is 238 g/mol. The van der Waals surface area contributed by atoms with E-state index in [4.69, 9.17) is 0 Å². The first kappa shape index (κ1) is 13.3. The molecular formula is C15H19N3O. The molecule has 2 aromatic rings. The number of nitrogens with one attached hydrogen (secondary N) is 1. The van der Waals surface area contributed by atoms with E-state index in [0.29, 0.717) is 13.0 Å². The van der Waals surface area contributed by atoms with Crippen LogP contribution in [0.5, 0.6) is 0 Å². The lowest BCUT2D eigenvalue weighted by Gasteiger charge is -2.07. The Hall–Kier alpha value is -2.10. The van der Waals surface area contributed by atoms with E-state index in [0.717, 1.165) is 23.5 Å². The van der Waals surface area contributed by atoms with Crippen LogP contribution in [0.4, 0.5) is 5.69 Å². The number of hydrogen-bond acceptors (Lipinski definition) is 3. The maximum atomic E-state index is 11.7. The van der Waals surface area contributed by atoms with Gasteiger partial charge in [0.25, 0.3) is 0 Å². The van der Waals surface area contributed by atoms with Crippen molar-refractivity contribution in [3.05, 3.63) is 48.0 Å². The molecule has 0 bridgehead atoms. The number of imidazole rings is 1. The van der Waals surface area contributed by atoms with Gasteiger partial charge in [0.1, 0.15) is 5.82 Å². The van der Waals surface area contributed by atoms with Gasteiger partial charge in [-0.3, -0.25) is 4.79 Å². The molecule has 0 aliphatic heterocycles. The number of aromatic nitrogens is 2. The van der Waals surface area contributed by atoms with Gasteiger partial charge in [0.2, 0.25) is 0 Å². The smallest absolute Gasteiger partial charge is 0.162 e. The van der Waals surface area contributed by atoms with Gasteiger partial charge in [-0.1, -0.05) is 6.92 Å². The van der Waals surface area contributed by atoms with Gasteiger partial charge < -0.3 is 9.88 Å². The van der Waals surface area contributed by atoms with E-state index in [1.165, 1.54) is 0 Å². The molecule has 1 aromatic heterocycles. The molecule has 1 N–H and O–H groups in total. The largest absolute Gasteiger partial charge is 0.378 e. The van der Waals surface area contributed by atoms with Crippen LogP contribution >= 0.6 is 0 Å². The molecule has 0 radical (unpaired) electrons. The molecule has 2 rings (SSSR count). The number of carbonyl (C=O) groups excluding carboxylic acids is 1. The summed E-state index contributed by atoms with van der Waals surface area (Å²) in [6.07, 6.45) is 5.20. The summed E-state index contributed by atoms with van der Waals surface area (Å²) >= 11 is 0. The highest BCUT2D eigenvalue weighted by molar-refractivity contribution is 5.96. The van der Waals surface area contributed by atoms with Crippen LogP contribution in [0.25, 0.3) is 0 Å². The fourth-order valence-corrected chi connectivity index (χ4v) is 1.89. The zero-order chi connectivity index (χ0) is 13.7. The van der Waals surface area contributed by atoms with Crippen molar-refractivity contribution < 1.29 is 4.79 Å². The van der Waals surface area contributed by atoms with Crippen molar-refractivity contribution in [2.75, 3.05) is 5.32 Å². The number of rotatable bonds is 6. The first-order valence-electron chi connectivity index (χ1n) is 6.54. The number of hydrogen-bond donors (Lipinski definition) is 1. The number of nitrogens with zero attached hydrogens (tertiary/aromatic N) is 2. The highest BCUT2D eigenvalue weighted by atomic mass is 16.1. The van der Waals surface area contributed by atoms with E-state index in [-0.39, 0.29) is 5.78 Å². The Labute approximate surface area is 113 Å². The summed E-state index contributed by atoms with van der Waals surface area (Å²) in [7, 11) is 1.97. The molecule has 1 heterocycles. The van der Waals surface area contributed by atoms with Crippen LogP contribution in [0.15, 0.2) is 36.7 Å². The van der Waals surface area contributed by atoms with E-state index in [9.17, 15) is 4.79 Å². The summed E-state index contributed by atoms with van der Waals surface area (Å²) in [6, 6.07) is 7.62. The summed E-state index contributed by atoms with van der Waals surface area (Å²) in [6.45, 7) is 2.69. The Morgan fingerprint density at radius 3 is 2.63 bits per heavy atom. The topological polar surface area (TPSA) is 46.9 Å². The molecule has 0 saturated carbocycles. The second-order valence-electron chi connectivity index (χ2n) is 4.56. The van der Waals surface area contributed by atoms with Gasteiger partial charge in [0.15, 0.2) is 5.78 Å². The lowest BCUT2D eigenvalue weighted by molar-refractivity contribution is 0.0982. The van der Waals surface area contributed by atoms with Crippen LogP contribution in [-0.4, -0.2) is 15.3 Å². The Balaban J connectivity index is 1.95. The molecule has 1 aromatic carbocycles. The maximum absolute atomic E-state index is 11.7. The molecule has 4 heteroatoms. The number of ketones is 1. The van der Waals surface area contributed by atoms with Crippen molar-refractivity contribution >= 4 is 11.5 Å². The van der Waals surface area contributed by atoms with Gasteiger partial charge in [-0.2, -0.15) is 0 Å². The Morgan fingerprint density at radius 2 is 2.05 bits per heavy atom. The van der Waals surface area contributed by atoms with Crippen LogP contribution in [0, 0.1) is 0 Å². The van der Waals surface area contributed by atoms with E-state index >= 15 is 0 Å². The predicted octanol–water partition coefficient (Wildman–Crippen LogP) is 3.02. The first-order valence-corrected chi connectivity index (χ1v) is 6.54. The summed E-state index contributed by atoms with van der Waals surface area (Å²) in [5.41, 5.74) is 1.78. The SMILES string of the molecule is CCCC(=O)c1ccc(NCc2nccn2C)cc1.